The maximum absolute atomic E-state index is 13.1. The molecule has 2 amide bonds. The molecule has 0 bridgehead atoms. The lowest BCUT2D eigenvalue weighted by Gasteiger charge is -2.17. The van der Waals surface area contributed by atoms with Gasteiger partial charge in [-0.15, -0.1) is 0 Å². The van der Waals surface area contributed by atoms with Gasteiger partial charge in [-0.2, -0.15) is 0 Å². The van der Waals surface area contributed by atoms with Crippen molar-refractivity contribution >= 4 is 35.4 Å². The lowest BCUT2D eigenvalue weighted by atomic mass is 10.0. The second-order valence-electron chi connectivity index (χ2n) is 6.49. The van der Waals surface area contributed by atoms with Crippen molar-refractivity contribution in [2.75, 3.05) is 18.6 Å². The van der Waals surface area contributed by atoms with Gasteiger partial charge in [-0.05, 0) is 54.3 Å². The van der Waals surface area contributed by atoms with Gasteiger partial charge in [0, 0.05) is 12.6 Å². The molecule has 3 rings (SSSR count). The summed E-state index contributed by atoms with van der Waals surface area (Å²) in [5.41, 5.74) is 3.37. The van der Waals surface area contributed by atoms with E-state index in [1.165, 1.54) is 31.4 Å². The molecule has 1 unspecified atom stereocenters. The molecule has 5 nitrogen and oxygen atoms in total. The fourth-order valence-electron chi connectivity index (χ4n) is 3.14. The van der Waals surface area contributed by atoms with Crippen LogP contribution >= 0.6 is 11.6 Å². The third-order valence-electron chi connectivity index (χ3n) is 4.63. The maximum atomic E-state index is 13.1. The van der Waals surface area contributed by atoms with Crippen LogP contribution in [0.3, 0.4) is 0 Å². The molecule has 0 saturated heterocycles. The molecule has 28 heavy (non-hydrogen) atoms. The molecule has 1 aliphatic heterocycles. The van der Waals surface area contributed by atoms with Crippen molar-refractivity contribution in [3.8, 4) is 0 Å². The number of halogens is 2. The highest BCUT2D eigenvalue weighted by Crippen LogP contribution is 2.31. The van der Waals surface area contributed by atoms with Crippen LogP contribution in [0.2, 0.25) is 5.02 Å². The summed E-state index contributed by atoms with van der Waals surface area (Å²) in [7, 11) is 1.36. The van der Waals surface area contributed by atoms with Gasteiger partial charge in [0.05, 0.1) is 23.9 Å². The SMILES string of the molecule is COC(=O)N1CCc2cc(C(C)NC(=O)/C=C/c3ccc(F)cc3Cl)ccc21. The van der Waals surface area contributed by atoms with Crippen molar-refractivity contribution in [1.82, 2.24) is 5.32 Å². The molecule has 0 aromatic heterocycles. The van der Waals surface area contributed by atoms with Crippen LogP contribution < -0.4 is 10.2 Å². The fraction of sp³-hybridized carbons (Fsp3) is 0.238. The van der Waals surface area contributed by atoms with Gasteiger partial charge in [0.1, 0.15) is 5.82 Å². The number of nitrogens with one attached hydrogen (secondary N) is 1. The first-order chi connectivity index (χ1) is 13.4. The molecule has 0 fully saturated rings. The summed E-state index contributed by atoms with van der Waals surface area (Å²) in [5.74, 6) is -0.716. The fourth-order valence-corrected chi connectivity index (χ4v) is 3.37. The highest BCUT2D eigenvalue weighted by atomic mass is 35.5. The molecule has 1 aliphatic rings. The van der Waals surface area contributed by atoms with Crippen molar-refractivity contribution < 1.29 is 18.7 Å². The quantitative estimate of drug-likeness (QED) is 0.766. The van der Waals surface area contributed by atoms with E-state index in [1.807, 2.05) is 25.1 Å². The van der Waals surface area contributed by atoms with Crippen molar-refractivity contribution in [3.63, 3.8) is 0 Å². The molecule has 1 heterocycles. The Balaban J connectivity index is 1.66. The van der Waals surface area contributed by atoms with Crippen LogP contribution in [0.4, 0.5) is 14.9 Å². The van der Waals surface area contributed by atoms with Crippen LogP contribution in [0.15, 0.2) is 42.5 Å². The zero-order valence-corrected chi connectivity index (χ0v) is 16.3. The molecular weight excluding hydrogens is 383 g/mol. The Morgan fingerprint density at radius 2 is 2.07 bits per heavy atom. The van der Waals surface area contributed by atoms with E-state index in [0.29, 0.717) is 12.1 Å². The van der Waals surface area contributed by atoms with E-state index >= 15 is 0 Å². The minimum Gasteiger partial charge on any atom is -0.452 e. The molecular formula is C21H20ClFN2O3. The van der Waals surface area contributed by atoms with Gasteiger partial charge in [0.25, 0.3) is 0 Å². The first-order valence-electron chi connectivity index (χ1n) is 8.81. The number of hydrogen-bond acceptors (Lipinski definition) is 3. The summed E-state index contributed by atoms with van der Waals surface area (Å²) in [4.78, 5) is 25.6. The Labute approximate surface area is 167 Å². The van der Waals surface area contributed by atoms with Crippen LogP contribution in [0.1, 0.15) is 29.7 Å². The van der Waals surface area contributed by atoms with Crippen LogP contribution in [-0.2, 0) is 16.0 Å². The van der Waals surface area contributed by atoms with E-state index in [0.717, 1.165) is 23.2 Å². The molecule has 1 atom stereocenters. The van der Waals surface area contributed by atoms with Gasteiger partial charge in [-0.25, -0.2) is 9.18 Å². The van der Waals surface area contributed by atoms with Gasteiger partial charge in [0.15, 0.2) is 0 Å². The maximum Gasteiger partial charge on any atom is 0.414 e. The number of rotatable bonds is 4. The number of hydrogen-bond donors (Lipinski definition) is 1. The van der Waals surface area contributed by atoms with Gasteiger partial charge < -0.3 is 10.1 Å². The van der Waals surface area contributed by atoms with Crippen LogP contribution in [0.5, 0.6) is 0 Å². The van der Waals surface area contributed by atoms with Crippen molar-refractivity contribution in [2.45, 2.75) is 19.4 Å². The average Bonchev–Trinajstić information content (AvgIpc) is 3.09. The molecule has 0 saturated carbocycles. The summed E-state index contributed by atoms with van der Waals surface area (Å²) in [6, 6.07) is 9.51. The van der Waals surface area contributed by atoms with Gasteiger partial charge in [-0.3, -0.25) is 9.69 Å². The third kappa shape index (κ3) is 4.34. The number of nitrogens with zero attached hydrogens (tertiary/aromatic N) is 1. The number of ether oxygens (including phenoxy) is 1. The zero-order valence-electron chi connectivity index (χ0n) is 15.5. The van der Waals surface area contributed by atoms with Crippen LogP contribution in [0, 0.1) is 5.82 Å². The van der Waals surface area contributed by atoms with Crippen LogP contribution in [0.25, 0.3) is 6.08 Å². The van der Waals surface area contributed by atoms with Gasteiger partial charge >= 0.3 is 6.09 Å². The topological polar surface area (TPSA) is 58.6 Å². The number of anilines is 1. The molecule has 2 aromatic rings. The predicted octanol–water partition coefficient (Wildman–Crippen LogP) is 4.50. The number of amides is 2. The second-order valence-corrected chi connectivity index (χ2v) is 6.90. The Bertz CT molecular complexity index is 945. The zero-order chi connectivity index (χ0) is 20.3. The lowest BCUT2D eigenvalue weighted by Crippen LogP contribution is -2.28. The average molecular weight is 403 g/mol. The second kappa shape index (κ2) is 8.44. The Kier molecular flexibility index (Phi) is 5.99. The minimum atomic E-state index is -0.428. The van der Waals surface area contributed by atoms with E-state index in [1.54, 1.807) is 11.0 Å². The van der Waals surface area contributed by atoms with E-state index in [-0.39, 0.29) is 23.1 Å². The Morgan fingerprint density at radius 1 is 1.29 bits per heavy atom. The molecule has 146 valence electrons. The first kappa shape index (κ1) is 19.9. The van der Waals surface area contributed by atoms with Crippen molar-refractivity contribution in [3.05, 3.63) is 70.0 Å². The molecule has 0 aliphatic carbocycles. The van der Waals surface area contributed by atoms with Gasteiger partial charge in [-0.1, -0.05) is 29.8 Å². The summed E-state index contributed by atoms with van der Waals surface area (Å²) < 4.78 is 17.9. The Hall–Kier alpha value is -2.86. The summed E-state index contributed by atoms with van der Waals surface area (Å²) in [5, 5.41) is 3.13. The summed E-state index contributed by atoms with van der Waals surface area (Å²) in [6.45, 7) is 2.46. The van der Waals surface area contributed by atoms with E-state index in [9.17, 15) is 14.0 Å². The van der Waals surface area contributed by atoms with Crippen LogP contribution in [-0.4, -0.2) is 25.7 Å². The molecule has 1 N–H and O–H groups in total. The summed E-state index contributed by atoms with van der Waals surface area (Å²) in [6.07, 6.45) is 3.27. The standard InChI is InChI=1S/C21H20ClFN2O3/c1-13(24-20(26)8-5-14-3-6-17(23)12-18(14)22)15-4-7-19-16(11-15)9-10-25(19)21(27)28-2/h3-8,11-13H,9-10H2,1-2H3,(H,24,26)/b8-5+. The molecule has 7 heteroatoms. The van der Waals surface area contributed by atoms with Gasteiger partial charge in [0.2, 0.25) is 5.91 Å². The number of methoxy groups -OCH3 is 1. The normalized spacial score (nSPS) is 14.1. The monoisotopic (exact) mass is 402 g/mol. The summed E-state index contributed by atoms with van der Waals surface area (Å²) >= 11 is 5.95. The van der Waals surface area contributed by atoms with E-state index in [4.69, 9.17) is 16.3 Å². The first-order valence-corrected chi connectivity index (χ1v) is 9.18. The number of fused-ring (bicyclic) bond motifs is 1. The van der Waals surface area contributed by atoms with E-state index < -0.39 is 5.82 Å². The molecule has 2 aromatic carbocycles. The molecule has 0 spiro atoms. The number of carbonyl (C=O) groups is 2. The van der Waals surface area contributed by atoms with E-state index in [2.05, 4.69) is 5.32 Å². The third-order valence-corrected chi connectivity index (χ3v) is 4.96. The highest BCUT2D eigenvalue weighted by Gasteiger charge is 2.25. The molecule has 0 radical (unpaired) electrons. The van der Waals surface area contributed by atoms with Crippen molar-refractivity contribution in [2.24, 2.45) is 0 Å². The largest absolute Gasteiger partial charge is 0.452 e. The minimum absolute atomic E-state index is 0.224. The smallest absolute Gasteiger partial charge is 0.414 e. The Morgan fingerprint density at radius 3 is 2.79 bits per heavy atom. The lowest BCUT2D eigenvalue weighted by molar-refractivity contribution is -0.117. The predicted molar refractivity (Wildman–Crippen MR) is 107 cm³/mol. The number of benzene rings is 2. The number of carbonyl (C=O) groups excluding carboxylic acids is 2. The highest BCUT2D eigenvalue weighted by molar-refractivity contribution is 6.32. The van der Waals surface area contributed by atoms with Crippen molar-refractivity contribution in [1.29, 1.82) is 0 Å².